The van der Waals surface area contributed by atoms with E-state index in [-0.39, 0.29) is 16.8 Å². The Morgan fingerprint density at radius 2 is 2.19 bits per heavy atom. The van der Waals surface area contributed by atoms with E-state index in [9.17, 15) is 8.42 Å². The molecule has 2 rings (SSSR count). The van der Waals surface area contributed by atoms with E-state index in [4.69, 9.17) is 5.84 Å². The van der Waals surface area contributed by atoms with Crippen LogP contribution in [-0.2, 0) is 10.0 Å². The highest BCUT2D eigenvalue weighted by molar-refractivity contribution is 9.10. The minimum atomic E-state index is -3.55. The van der Waals surface area contributed by atoms with Crippen LogP contribution in [-0.4, -0.2) is 19.4 Å². The van der Waals surface area contributed by atoms with Crippen LogP contribution in [0.2, 0.25) is 0 Å². The fraction of sp³-hybridized carbons (Fsp3) is 0.375. The number of pyridine rings is 1. The minimum Gasteiger partial charge on any atom is -0.307 e. The summed E-state index contributed by atoms with van der Waals surface area (Å²) >= 11 is 3.18. The number of rotatable bonds is 4. The molecule has 16 heavy (non-hydrogen) atoms. The summed E-state index contributed by atoms with van der Waals surface area (Å²) in [6.45, 7) is 0. The summed E-state index contributed by atoms with van der Waals surface area (Å²) in [6, 6.07) is 1.52. The van der Waals surface area contributed by atoms with Gasteiger partial charge in [-0.05, 0) is 34.8 Å². The number of nitrogen functional groups attached to an aromatic ring is 1. The topological polar surface area (TPSA) is 97.1 Å². The van der Waals surface area contributed by atoms with E-state index in [1.165, 1.54) is 12.3 Å². The Balaban J connectivity index is 2.40. The van der Waals surface area contributed by atoms with Crippen molar-refractivity contribution in [1.29, 1.82) is 0 Å². The van der Waals surface area contributed by atoms with E-state index >= 15 is 0 Å². The molecule has 1 aliphatic carbocycles. The number of nitrogens with two attached hydrogens (primary N) is 1. The highest BCUT2D eigenvalue weighted by atomic mass is 79.9. The summed E-state index contributed by atoms with van der Waals surface area (Å²) in [5, 5.41) is 0. The van der Waals surface area contributed by atoms with E-state index in [2.05, 4.69) is 31.1 Å². The molecule has 1 fully saturated rings. The number of hydrogen-bond acceptors (Lipinski definition) is 5. The second kappa shape index (κ2) is 4.28. The van der Waals surface area contributed by atoms with Gasteiger partial charge in [-0.15, -0.1) is 0 Å². The zero-order valence-electron chi connectivity index (χ0n) is 8.27. The predicted molar refractivity (Wildman–Crippen MR) is 63.1 cm³/mol. The third-order valence-electron chi connectivity index (χ3n) is 2.14. The third kappa shape index (κ3) is 2.51. The van der Waals surface area contributed by atoms with Gasteiger partial charge in [0.25, 0.3) is 0 Å². The smallest absolute Gasteiger partial charge is 0.244 e. The van der Waals surface area contributed by atoms with Gasteiger partial charge in [0.15, 0.2) is 5.82 Å². The molecule has 1 heterocycles. The van der Waals surface area contributed by atoms with E-state index < -0.39 is 10.0 Å². The molecule has 0 aliphatic heterocycles. The summed E-state index contributed by atoms with van der Waals surface area (Å²) in [5.41, 5.74) is 2.27. The standard InChI is InChI=1S/C8H11BrN4O2S/c9-5-3-7(8(12-10)11-4-5)16(14,15)13-6-1-2-6/h3-4,6,13H,1-2,10H2,(H,11,12). The van der Waals surface area contributed by atoms with Crippen molar-refractivity contribution >= 4 is 31.8 Å². The van der Waals surface area contributed by atoms with Crippen molar-refractivity contribution in [3.05, 3.63) is 16.7 Å². The Bertz CT molecular complexity index is 501. The van der Waals surface area contributed by atoms with Gasteiger partial charge in [0.2, 0.25) is 10.0 Å². The maximum Gasteiger partial charge on any atom is 0.244 e. The highest BCUT2D eigenvalue weighted by Gasteiger charge is 2.29. The Hall–Kier alpha value is -0.700. The number of sulfonamides is 1. The zero-order valence-corrected chi connectivity index (χ0v) is 10.7. The van der Waals surface area contributed by atoms with Crippen molar-refractivity contribution < 1.29 is 8.42 Å². The number of nitrogens with one attached hydrogen (secondary N) is 2. The Morgan fingerprint density at radius 3 is 2.75 bits per heavy atom. The van der Waals surface area contributed by atoms with Gasteiger partial charge < -0.3 is 5.43 Å². The molecule has 88 valence electrons. The number of halogens is 1. The van der Waals surface area contributed by atoms with Crippen LogP contribution in [0, 0.1) is 0 Å². The van der Waals surface area contributed by atoms with Crippen LogP contribution in [0.5, 0.6) is 0 Å². The Labute approximate surface area is 102 Å². The maximum atomic E-state index is 11.9. The SMILES string of the molecule is NNc1ncc(Br)cc1S(=O)(=O)NC1CC1. The Kier molecular flexibility index (Phi) is 3.15. The van der Waals surface area contributed by atoms with Gasteiger partial charge in [0, 0.05) is 16.7 Å². The van der Waals surface area contributed by atoms with Crippen LogP contribution < -0.4 is 16.0 Å². The van der Waals surface area contributed by atoms with E-state index in [1.54, 1.807) is 0 Å². The fourth-order valence-corrected chi connectivity index (χ4v) is 3.15. The number of nitrogens with zero attached hydrogens (tertiary/aromatic N) is 1. The first-order chi connectivity index (χ1) is 7.53. The number of hydrazine groups is 1. The van der Waals surface area contributed by atoms with Crippen molar-refractivity contribution in [1.82, 2.24) is 9.71 Å². The lowest BCUT2D eigenvalue weighted by Crippen LogP contribution is -2.27. The third-order valence-corrected chi connectivity index (χ3v) is 4.11. The van der Waals surface area contributed by atoms with Gasteiger partial charge in [-0.25, -0.2) is 24.0 Å². The summed E-state index contributed by atoms with van der Waals surface area (Å²) in [5.74, 6) is 5.36. The molecule has 0 atom stereocenters. The summed E-state index contributed by atoms with van der Waals surface area (Å²) in [7, 11) is -3.55. The molecule has 0 radical (unpaired) electrons. The van der Waals surface area contributed by atoms with Crippen molar-refractivity contribution in [2.24, 2.45) is 5.84 Å². The number of aromatic nitrogens is 1. The Morgan fingerprint density at radius 1 is 1.50 bits per heavy atom. The van der Waals surface area contributed by atoms with Crippen molar-refractivity contribution in [3.8, 4) is 0 Å². The molecule has 8 heteroatoms. The molecule has 1 aromatic rings. The molecule has 0 aromatic carbocycles. The molecule has 0 unspecified atom stereocenters. The molecule has 1 aromatic heterocycles. The first kappa shape index (κ1) is 11.8. The molecule has 0 amide bonds. The lowest BCUT2D eigenvalue weighted by Gasteiger charge is -2.09. The second-order valence-electron chi connectivity index (χ2n) is 3.54. The maximum absolute atomic E-state index is 11.9. The lowest BCUT2D eigenvalue weighted by atomic mass is 10.5. The van der Waals surface area contributed by atoms with Crippen molar-refractivity contribution in [3.63, 3.8) is 0 Å². The quantitative estimate of drug-likeness (QED) is 0.558. The van der Waals surface area contributed by atoms with Crippen LogP contribution in [0.1, 0.15) is 12.8 Å². The second-order valence-corrected chi connectivity index (χ2v) is 6.14. The number of hydrogen-bond donors (Lipinski definition) is 3. The fourth-order valence-electron chi connectivity index (χ4n) is 1.22. The van der Waals surface area contributed by atoms with Crippen LogP contribution in [0.15, 0.2) is 21.6 Å². The first-order valence-corrected chi connectivity index (χ1v) is 6.95. The van der Waals surface area contributed by atoms with Crippen LogP contribution in [0.4, 0.5) is 5.82 Å². The predicted octanol–water partition coefficient (Wildman–Crippen LogP) is 0.570. The van der Waals surface area contributed by atoms with Crippen molar-refractivity contribution in [2.75, 3.05) is 5.43 Å². The molecule has 6 nitrogen and oxygen atoms in total. The average Bonchev–Trinajstić information content (AvgIpc) is 3.01. The molecule has 0 saturated heterocycles. The summed E-state index contributed by atoms with van der Waals surface area (Å²) in [6.07, 6.45) is 3.24. The highest BCUT2D eigenvalue weighted by Crippen LogP contribution is 2.26. The van der Waals surface area contributed by atoms with Gasteiger partial charge in [-0.3, -0.25) is 0 Å². The molecule has 1 aliphatic rings. The lowest BCUT2D eigenvalue weighted by molar-refractivity contribution is 0.581. The van der Waals surface area contributed by atoms with Crippen LogP contribution in [0.25, 0.3) is 0 Å². The molecule has 4 N–H and O–H groups in total. The minimum absolute atomic E-state index is 0.0506. The summed E-state index contributed by atoms with van der Waals surface area (Å²) in [4.78, 5) is 3.94. The molecule has 0 bridgehead atoms. The van der Waals surface area contributed by atoms with Crippen molar-refractivity contribution in [2.45, 2.75) is 23.8 Å². The monoisotopic (exact) mass is 306 g/mol. The first-order valence-electron chi connectivity index (χ1n) is 4.67. The normalized spacial score (nSPS) is 16.1. The molecular weight excluding hydrogens is 296 g/mol. The number of anilines is 1. The molecular formula is C8H11BrN4O2S. The van der Waals surface area contributed by atoms with Crippen LogP contribution >= 0.6 is 15.9 Å². The molecule has 0 spiro atoms. The van der Waals surface area contributed by atoms with Gasteiger partial charge in [-0.1, -0.05) is 0 Å². The van der Waals surface area contributed by atoms with Gasteiger partial charge in [-0.2, -0.15) is 0 Å². The van der Waals surface area contributed by atoms with Gasteiger partial charge in [0.1, 0.15) is 4.90 Å². The van der Waals surface area contributed by atoms with Crippen LogP contribution in [0.3, 0.4) is 0 Å². The molecule has 1 saturated carbocycles. The van der Waals surface area contributed by atoms with Gasteiger partial charge in [0.05, 0.1) is 0 Å². The van der Waals surface area contributed by atoms with E-state index in [0.29, 0.717) is 4.47 Å². The average molecular weight is 307 g/mol. The zero-order chi connectivity index (χ0) is 11.8. The van der Waals surface area contributed by atoms with E-state index in [0.717, 1.165) is 12.8 Å². The van der Waals surface area contributed by atoms with E-state index in [1.807, 2.05) is 0 Å². The van der Waals surface area contributed by atoms with Gasteiger partial charge >= 0.3 is 0 Å². The summed E-state index contributed by atoms with van der Waals surface area (Å²) < 4.78 is 27.0. The largest absolute Gasteiger partial charge is 0.307 e.